The van der Waals surface area contributed by atoms with Crippen LogP contribution in [0.15, 0.2) is 416 Å². The van der Waals surface area contributed by atoms with E-state index in [0.29, 0.717) is 0 Å². The molecule has 0 aromatic heterocycles. The van der Waals surface area contributed by atoms with Crippen LogP contribution < -0.4 is 31.1 Å². The van der Waals surface area contributed by atoms with Crippen LogP contribution in [0.4, 0.5) is 51.2 Å². The monoisotopic (exact) mass is 1580 g/mol. The molecule has 0 N–H and O–H groups in total. The highest BCUT2D eigenvalue weighted by molar-refractivity contribution is 8.00. The van der Waals surface area contributed by atoms with Gasteiger partial charge in [0.1, 0.15) is 0 Å². The van der Waals surface area contributed by atoms with E-state index in [1.54, 1.807) is 0 Å². The number of benzene rings is 17. The number of hydrogen-bond donors (Lipinski definition) is 0. The van der Waals surface area contributed by atoms with E-state index in [2.05, 4.69) is 483 Å². The van der Waals surface area contributed by atoms with Gasteiger partial charge < -0.3 is 14.7 Å². The average Bonchev–Trinajstić information content (AvgIpc) is 1.66. The minimum Gasteiger partial charge on any atom is -0.310 e. The van der Waals surface area contributed by atoms with Gasteiger partial charge in [0, 0.05) is 49.2 Å². The molecule has 0 saturated heterocycles. The summed E-state index contributed by atoms with van der Waals surface area (Å²) in [7, 11) is 0. The summed E-state index contributed by atoms with van der Waals surface area (Å²) in [6.45, 7) is 21.1. The zero-order chi connectivity index (χ0) is 82.6. The smallest absolute Gasteiger partial charge is 0.249 e. The van der Waals surface area contributed by atoms with E-state index in [1.807, 2.05) is 11.8 Å². The summed E-state index contributed by atoms with van der Waals surface area (Å²) in [5.41, 5.74) is 37.0. The van der Waals surface area contributed by atoms with Gasteiger partial charge in [-0.3, -0.25) is 0 Å². The second-order valence-electron chi connectivity index (χ2n) is 37.0. The molecular formula is C117H94BN3S. The first kappa shape index (κ1) is 74.8. The minimum atomic E-state index is -0.706. The Morgan fingerprint density at radius 3 is 1.01 bits per heavy atom. The fourth-order valence-electron chi connectivity index (χ4n) is 21.6. The molecule has 5 heteroatoms. The second kappa shape index (κ2) is 28.3. The maximum absolute atomic E-state index is 2.80. The Balaban J connectivity index is 0.904. The van der Waals surface area contributed by atoms with Crippen LogP contribution in [-0.2, 0) is 32.5 Å². The third kappa shape index (κ3) is 11.2. The maximum atomic E-state index is 2.80. The Bertz CT molecular complexity index is 6700. The van der Waals surface area contributed by atoms with Crippen molar-refractivity contribution in [3.05, 3.63) is 490 Å². The molecule has 122 heavy (non-hydrogen) atoms. The van der Waals surface area contributed by atoms with Crippen LogP contribution in [-0.4, -0.2) is 6.71 Å². The van der Waals surface area contributed by atoms with Crippen LogP contribution in [0.3, 0.4) is 0 Å². The van der Waals surface area contributed by atoms with E-state index in [4.69, 9.17) is 0 Å². The largest absolute Gasteiger partial charge is 0.310 e. The highest BCUT2D eigenvalue weighted by Crippen LogP contribution is 2.64. The van der Waals surface area contributed by atoms with E-state index in [9.17, 15) is 0 Å². The van der Waals surface area contributed by atoms with Gasteiger partial charge in [-0.25, -0.2) is 0 Å². The summed E-state index contributed by atoms with van der Waals surface area (Å²) in [5.74, 6) is 0. The van der Waals surface area contributed by atoms with Gasteiger partial charge in [0.2, 0.25) is 6.71 Å². The molecule has 17 aromatic carbocycles. The highest BCUT2D eigenvalue weighted by atomic mass is 32.2. The van der Waals surface area contributed by atoms with Crippen LogP contribution in [0.25, 0.3) is 33.4 Å². The molecule has 586 valence electrons. The Hall–Kier alpha value is -13.4. The normalized spacial score (nSPS) is 14.7. The van der Waals surface area contributed by atoms with Gasteiger partial charge in [0.15, 0.2) is 0 Å². The molecule has 3 nitrogen and oxygen atoms in total. The molecule has 4 heterocycles. The lowest BCUT2D eigenvalue weighted by Crippen LogP contribution is -2.60. The summed E-state index contributed by atoms with van der Waals surface area (Å²) in [5, 5.41) is 0. The first-order valence-electron chi connectivity index (χ1n) is 43.2. The van der Waals surface area contributed by atoms with Crippen LogP contribution in [0.5, 0.6) is 0 Å². The molecule has 0 unspecified atom stereocenters. The summed E-state index contributed by atoms with van der Waals surface area (Å²) in [6.07, 6.45) is 0. The van der Waals surface area contributed by atoms with E-state index in [0.717, 1.165) is 51.2 Å². The van der Waals surface area contributed by atoms with Gasteiger partial charge in [-0.1, -0.05) is 425 Å². The van der Waals surface area contributed by atoms with Crippen molar-refractivity contribution in [3.63, 3.8) is 0 Å². The zero-order valence-electron chi connectivity index (χ0n) is 70.5. The van der Waals surface area contributed by atoms with Crippen LogP contribution >= 0.6 is 11.8 Å². The molecule has 0 bridgehead atoms. The SMILES string of the molecule is CC(C)(C)c1cccc(-c2cc(C(C)(C)C)cc(-c3cccc(C(C)(C)C)c3)c2N2c3cc(N4c5ccccc5C(c5ccccc5)(c5ccccc5)c5ccccc54)ccc3B3c4ccc5c(c4Sc4cc(N6c7ccccc7C(c7ccccc7)(c7ccccc7)c7ccccc76)cc2c43)-c2ccccc2C5(c2ccccc2)c2ccccc2)c1. The topological polar surface area (TPSA) is 9.72 Å². The number of nitrogens with zero attached hydrogens (tertiary/aromatic N) is 3. The van der Waals surface area contributed by atoms with E-state index >= 15 is 0 Å². The third-order valence-corrected chi connectivity index (χ3v) is 28.3. The Morgan fingerprint density at radius 2 is 0.598 bits per heavy atom. The highest BCUT2D eigenvalue weighted by Gasteiger charge is 2.53. The minimum absolute atomic E-state index is 0.165. The van der Waals surface area contributed by atoms with Crippen molar-refractivity contribution < 1.29 is 0 Å². The summed E-state index contributed by atoms with van der Waals surface area (Å²) in [4.78, 5) is 10.5. The van der Waals surface area contributed by atoms with E-state index in [1.165, 1.54) is 143 Å². The van der Waals surface area contributed by atoms with Crippen molar-refractivity contribution in [1.29, 1.82) is 0 Å². The fraction of sp³-hybridized carbons (Fsp3) is 0.128. The average molecular weight is 1580 g/mol. The van der Waals surface area contributed by atoms with Gasteiger partial charge >= 0.3 is 0 Å². The standard InChI is InChI=1S/C117H94BN3S/c1-112(2,3)85-54-38-40-77(70-85)91-72-87(114(7,8)9)73-92(78-41-39-55-86(71-78)113(4,5)6)110(91)121-105-74-88(119-101-62-34-30-58-94(101)116(81-46-20-12-21-47-81,82-48-22-13-23-49-82)95-59-31-35-63-102(95)119)66-68-99(105)118-100-69-67-98-108(90-56-28-29-57-93(90)115(98,79-42-16-10-17-43-79)80-44-18-11-19-45-80)111(100)122-107-76-89(75-106(121)109(107)118)120-103-64-36-32-60-96(103)117(83-50-24-14-25-51-83,84-52-26-15-27-53-84)97-61-33-37-65-104(97)120/h10-76H,1-9H3. The van der Waals surface area contributed by atoms with E-state index < -0.39 is 16.2 Å². The van der Waals surface area contributed by atoms with Crippen molar-refractivity contribution in [2.24, 2.45) is 0 Å². The molecular weight excluding hydrogens is 1490 g/mol. The lowest BCUT2D eigenvalue weighted by atomic mass is 9.34. The number of anilines is 9. The van der Waals surface area contributed by atoms with Gasteiger partial charge in [-0.05, 0) is 188 Å². The third-order valence-electron chi connectivity index (χ3n) is 27.1. The number of rotatable bonds is 11. The van der Waals surface area contributed by atoms with Crippen LogP contribution in [0.1, 0.15) is 146 Å². The quantitative estimate of drug-likeness (QED) is 0.119. The Labute approximate surface area is 723 Å². The lowest BCUT2D eigenvalue weighted by Gasteiger charge is -2.48. The zero-order valence-corrected chi connectivity index (χ0v) is 71.3. The number of fused-ring (bicyclic) bond motifs is 12. The predicted octanol–water partition coefficient (Wildman–Crippen LogP) is 28.4. The van der Waals surface area contributed by atoms with Crippen molar-refractivity contribution in [2.75, 3.05) is 14.7 Å². The van der Waals surface area contributed by atoms with Gasteiger partial charge in [-0.15, -0.1) is 0 Å². The van der Waals surface area contributed by atoms with Crippen molar-refractivity contribution in [2.45, 2.75) is 105 Å². The molecule has 1 aliphatic carbocycles. The lowest BCUT2D eigenvalue weighted by molar-refractivity contribution is 0.589. The molecule has 5 aliphatic rings. The first-order chi connectivity index (χ1) is 59.4. The molecule has 0 atom stereocenters. The second-order valence-corrected chi connectivity index (χ2v) is 38.0. The summed E-state index contributed by atoms with van der Waals surface area (Å²) < 4.78 is 0. The van der Waals surface area contributed by atoms with Gasteiger partial charge in [0.25, 0.3) is 0 Å². The number of hydrogen-bond acceptors (Lipinski definition) is 4. The Kier molecular flexibility index (Phi) is 17.4. The van der Waals surface area contributed by atoms with Crippen molar-refractivity contribution in [1.82, 2.24) is 0 Å². The molecule has 0 spiro atoms. The molecule has 0 saturated carbocycles. The Morgan fingerprint density at radius 1 is 0.246 bits per heavy atom. The molecule has 4 aliphatic heterocycles. The molecule has 0 fully saturated rings. The summed E-state index contributed by atoms with van der Waals surface area (Å²) >= 11 is 1.98. The molecule has 0 amide bonds. The summed E-state index contributed by atoms with van der Waals surface area (Å²) in [6, 6.07) is 156. The fourth-order valence-corrected chi connectivity index (χ4v) is 23.0. The van der Waals surface area contributed by atoms with Crippen molar-refractivity contribution in [3.8, 4) is 33.4 Å². The van der Waals surface area contributed by atoms with E-state index in [-0.39, 0.29) is 23.0 Å². The predicted molar refractivity (Wildman–Crippen MR) is 514 cm³/mol. The van der Waals surface area contributed by atoms with Gasteiger partial charge in [-0.2, -0.15) is 0 Å². The maximum Gasteiger partial charge on any atom is 0.249 e. The molecule has 0 radical (unpaired) electrons. The van der Waals surface area contributed by atoms with Crippen LogP contribution in [0.2, 0.25) is 0 Å². The van der Waals surface area contributed by atoms with Gasteiger partial charge in [0.05, 0.1) is 44.7 Å². The first-order valence-corrected chi connectivity index (χ1v) is 44.1. The van der Waals surface area contributed by atoms with Crippen LogP contribution in [0, 0.1) is 0 Å². The van der Waals surface area contributed by atoms with Crippen molar-refractivity contribution >= 4 is 86.0 Å². The number of para-hydroxylation sites is 4. The molecule has 17 aromatic rings. The molecule has 22 rings (SSSR count).